The van der Waals surface area contributed by atoms with E-state index < -0.39 is 0 Å². The van der Waals surface area contributed by atoms with Crippen molar-refractivity contribution in [2.45, 2.75) is 52.4 Å². The van der Waals surface area contributed by atoms with E-state index in [-0.39, 0.29) is 11.6 Å². The van der Waals surface area contributed by atoms with E-state index in [0.717, 1.165) is 26.1 Å². The van der Waals surface area contributed by atoms with Crippen LogP contribution >= 0.6 is 0 Å². The minimum atomic E-state index is -0.291. The van der Waals surface area contributed by atoms with E-state index in [4.69, 9.17) is 0 Å². The molecule has 2 nitrogen and oxygen atoms in total. The van der Waals surface area contributed by atoms with E-state index in [0.29, 0.717) is 17.4 Å². The van der Waals surface area contributed by atoms with Gasteiger partial charge in [-0.3, -0.25) is 4.79 Å². The van der Waals surface area contributed by atoms with Crippen LogP contribution in [0, 0.1) is 11.2 Å². The summed E-state index contributed by atoms with van der Waals surface area (Å²) >= 11 is 0. The molecule has 0 aliphatic carbocycles. The molecule has 122 valence electrons. The number of hydrogen-bond donors (Lipinski definition) is 0. The monoisotopic (exact) mass is 305 g/mol. The lowest BCUT2D eigenvalue weighted by molar-refractivity contribution is 0.0889. The van der Waals surface area contributed by atoms with Crippen molar-refractivity contribution >= 4 is 5.78 Å². The smallest absolute Gasteiger partial charge is 0.162 e. The molecular weight excluding hydrogens is 277 g/mol. The van der Waals surface area contributed by atoms with Crippen LogP contribution in [0.25, 0.3) is 0 Å². The Morgan fingerprint density at radius 1 is 1.14 bits per heavy atom. The summed E-state index contributed by atoms with van der Waals surface area (Å²) < 4.78 is 12.8. The first-order chi connectivity index (χ1) is 10.6. The molecule has 3 heteroatoms. The second-order valence-electron chi connectivity index (χ2n) is 6.58. The molecule has 0 radical (unpaired) electrons. The largest absolute Gasteiger partial charge is 0.303 e. The van der Waals surface area contributed by atoms with Gasteiger partial charge in [-0.2, -0.15) is 0 Å². The molecule has 0 saturated carbocycles. The minimum absolute atomic E-state index is 0.119. The number of hydrogen-bond acceptors (Lipinski definition) is 2. The Hall–Kier alpha value is -1.22. The van der Waals surface area contributed by atoms with E-state index in [9.17, 15) is 9.18 Å². The molecule has 1 aromatic carbocycles. The standard InChI is InChI=1S/C19H28FNO/c1-3-19(4-2)11-14-21(15-12-19)13-5-6-18(22)16-7-9-17(20)10-8-16/h7-10H,3-6,11-15H2,1-2H3. The number of likely N-dealkylation sites (tertiary alicyclic amines) is 1. The highest BCUT2D eigenvalue weighted by molar-refractivity contribution is 5.95. The zero-order chi connectivity index (χ0) is 16.0. The van der Waals surface area contributed by atoms with Gasteiger partial charge in [0.2, 0.25) is 0 Å². The van der Waals surface area contributed by atoms with Crippen LogP contribution in [-0.4, -0.2) is 30.3 Å². The molecule has 0 aromatic heterocycles. The molecular formula is C19H28FNO. The van der Waals surface area contributed by atoms with Crippen molar-refractivity contribution in [3.05, 3.63) is 35.6 Å². The number of rotatable bonds is 7. The number of benzene rings is 1. The molecule has 1 aliphatic heterocycles. The van der Waals surface area contributed by atoms with Crippen LogP contribution in [-0.2, 0) is 0 Å². The highest BCUT2D eigenvalue weighted by Gasteiger charge is 2.30. The Labute approximate surface area is 133 Å². The summed E-state index contributed by atoms with van der Waals surface area (Å²) in [4.78, 5) is 14.5. The highest BCUT2D eigenvalue weighted by Crippen LogP contribution is 2.37. The Morgan fingerprint density at radius 2 is 1.73 bits per heavy atom. The first-order valence-corrected chi connectivity index (χ1v) is 8.60. The van der Waals surface area contributed by atoms with Crippen molar-refractivity contribution in [1.82, 2.24) is 4.90 Å². The molecule has 1 fully saturated rings. The number of halogens is 1. The van der Waals surface area contributed by atoms with E-state index in [1.807, 2.05) is 0 Å². The van der Waals surface area contributed by atoms with Crippen LogP contribution in [0.15, 0.2) is 24.3 Å². The van der Waals surface area contributed by atoms with E-state index in [1.165, 1.54) is 37.8 Å². The van der Waals surface area contributed by atoms with Gasteiger partial charge in [-0.1, -0.05) is 26.7 Å². The zero-order valence-corrected chi connectivity index (χ0v) is 13.9. The fraction of sp³-hybridized carbons (Fsp3) is 0.632. The lowest BCUT2D eigenvalue weighted by Crippen LogP contribution is -2.40. The van der Waals surface area contributed by atoms with Crippen molar-refractivity contribution in [2.75, 3.05) is 19.6 Å². The maximum Gasteiger partial charge on any atom is 0.162 e. The maximum absolute atomic E-state index is 12.8. The number of ketones is 1. The molecule has 0 N–H and O–H groups in total. The van der Waals surface area contributed by atoms with Gasteiger partial charge in [0.05, 0.1) is 0 Å². The third kappa shape index (κ3) is 4.39. The predicted molar refractivity (Wildman–Crippen MR) is 88.7 cm³/mol. The molecule has 0 bridgehead atoms. The van der Waals surface area contributed by atoms with Crippen molar-refractivity contribution in [3.8, 4) is 0 Å². The maximum atomic E-state index is 12.8. The van der Waals surface area contributed by atoms with E-state index in [2.05, 4.69) is 18.7 Å². The average molecular weight is 305 g/mol. The molecule has 1 heterocycles. The van der Waals surface area contributed by atoms with Crippen molar-refractivity contribution in [3.63, 3.8) is 0 Å². The summed E-state index contributed by atoms with van der Waals surface area (Å²) in [5, 5.41) is 0. The summed E-state index contributed by atoms with van der Waals surface area (Å²) in [5.74, 6) is -0.173. The Balaban J connectivity index is 1.71. The Bertz CT molecular complexity index is 469. The van der Waals surface area contributed by atoms with Crippen LogP contribution in [0.4, 0.5) is 4.39 Å². The summed E-state index contributed by atoms with van der Waals surface area (Å²) in [6, 6.07) is 5.87. The van der Waals surface area contributed by atoms with Gasteiger partial charge in [0.1, 0.15) is 5.82 Å². The summed E-state index contributed by atoms with van der Waals surface area (Å²) in [7, 11) is 0. The number of carbonyl (C=O) groups is 1. The third-order valence-corrected chi connectivity index (χ3v) is 5.46. The topological polar surface area (TPSA) is 20.3 Å². The molecule has 0 amide bonds. The molecule has 1 aromatic rings. The van der Waals surface area contributed by atoms with Gasteiger partial charge in [-0.25, -0.2) is 4.39 Å². The Kier molecular flexibility index (Phi) is 6.13. The number of piperidine rings is 1. The fourth-order valence-electron chi connectivity index (χ4n) is 3.45. The summed E-state index contributed by atoms with van der Waals surface area (Å²) in [6.45, 7) is 7.93. The molecule has 0 atom stereocenters. The molecule has 0 unspecified atom stereocenters. The van der Waals surface area contributed by atoms with Gasteiger partial charge >= 0.3 is 0 Å². The van der Waals surface area contributed by atoms with E-state index >= 15 is 0 Å². The van der Waals surface area contributed by atoms with Gasteiger partial charge in [0, 0.05) is 12.0 Å². The quantitative estimate of drug-likeness (QED) is 0.681. The number of nitrogens with zero attached hydrogens (tertiary/aromatic N) is 1. The van der Waals surface area contributed by atoms with Crippen LogP contribution in [0.1, 0.15) is 62.7 Å². The number of Topliss-reactive ketones (excluding diaryl/α,β-unsaturated/α-hetero) is 1. The van der Waals surface area contributed by atoms with Gasteiger partial charge < -0.3 is 4.90 Å². The minimum Gasteiger partial charge on any atom is -0.303 e. The first kappa shape index (κ1) is 17.1. The second-order valence-corrected chi connectivity index (χ2v) is 6.58. The summed E-state index contributed by atoms with van der Waals surface area (Å²) in [6.07, 6.45) is 6.56. The molecule has 0 spiro atoms. The normalized spacial score (nSPS) is 18.3. The average Bonchev–Trinajstić information content (AvgIpc) is 2.56. The van der Waals surface area contributed by atoms with E-state index in [1.54, 1.807) is 12.1 Å². The molecule has 1 saturated heterocycles. The zero-order valence-electron chi connectivity index (χ0n) is 13.9. The number of carbonyl (C=O) groups excluding carboxylic acids is 1. The van der Waals surface area contributed by atoms with Crippen molar-refractivity contribution < 1.29 is 9.18 Å². The van der Waals surface area contributed by atoms with Crippen LogP contribution in [0.2, 0.25) is 0 Å². The second kappa shape index (κ2) is 7.87. The van der Waals surface area contributed by atoms with Crippen LogP contribution in [0.3, 0.4) is 0 Å². The first-order valence-electron chi connectivity index (χ1n) is 8.60. The van der Waals surface area contributed by atoms with Crippen molar-refractivity contribution in [2.24, 2.45) is 5.41 Å². The molecule has 1 aliphatic rings. The highest BCUT2D eigenvalue weighted by atomic mass is 19.1. The SMILES string of the molecule is CCC1(CC)CCN(CCCC(=O)c2ccc(F)cc2)CC1. The lowest BCUT2D eigenvalue weighted by Gasteiger charge is -2.41. The molecule has 2 rings (SSSR count). The summed E-state index contributed by atoms with van der Waals surface area (Å²) in [5.41, 5.74) is 1.18. The van der Waals surface area contributed by atoms with Gasteiger partial charge in [-0.05, 0) is 68.6 Å². The van der Waals surface area contributed by atoms with Crippen molar-refractivity contribution in [1.29, 1.82) is 0 Å². The Morgan fingerprint density at radius 3 is 2.27 bits per heavy atom. The van der Waals surface area contributed by atoms with Crippen LogP contribution in [0.5, 0.6) is 0 Å². The van der Waals surface area contributed by atoms with Crippen LogP contribution < -0.4 is 0 Å². The van der Waals surface area contributed by atoms with Gasteiger partial charge in [0.15, 0.2) is 5.78 Å². The molecule has 22 heavy (non-hydrogen) atoms. The fourth-order valence-corrected chi connectivity index (χ4v) is 3.45. The van der Waals surface area contributed by atoms with Gasteiger partial charge in [-0.15, -0.1) is 0 Å². The lowest BCUT2D eigenvalue weighted by atomic mass is 9.74. The third-order valence-electron chi connectivity index (χ3n) is 5.46. The van der Waals surface area contributed by atoms with Gasteiger partial charge in [0.25, 0.3) is 0 Å². The predicted octanol–water partition coefficient (Wildman–Crippen LogP) is 4.69.